The smallest absolute Gasteiger partial charge is 0.137 e. The van der Waals surface area contributed by atoms with Crippen LogP contribution in [0.25, 0.3) is 55.0 Å². The molecule has 0 amide bonds. The standard InChI is InChI=1S/C52H36N2O/c1-4-15-37(16-5-1)38-27-31-42(32-28-38)53(40-17-6-2-7-18-40)48-36-35-44(45-21-10-11-22-46(45)48)39-29-33-43(34-30-39)54(41-19-8-3-9-20-41)49-24-14-26-51-52(49)47-23-12-13-25-50(47)55-51/h1-36H. The fraction of sp³-hybridized carbons (Fsp3) is 0. The van der Waals surface area contributed by atoms with E-state index in [-0.39, 0.29) is 0 Å². The summed E-state index contributed by atoms with van der Waals surface area (Å²) in [6.07, 6.45) is 0. The Hall–Kier alpha value is -7.36. The first-order valence-electron chi connectivity index (χ1n) is 18.7. The van der Waals surface area contributed by atoms with E-state index in [1.165, 1.54) is 27.5 Å². The van der Waals surface area contributed by atoms with Crippen LogP contribution in [-0.4, -0.2) is 0 Å². The number of hydrogen-bond donors (Lipinski definition) is 0. The van der Waals surface area contributed by atoms with Crippen LogP contribution in [0.5, 0.6) is 0 Å². The second-order valence-corrected chi connectivity index (χ2v) is 13.7. The van der Waals surface area contributed by atoms with E-state index in [4.69, 9.17) is 4.42 Å². The summed E-state index contributed by atoms with van der Waals surface area (Å²) in [4.78, 5) is 4.69. The van der Waals surface area contributed by atoms with Gasteiger partial charge in [-0.05, 0) is 100 Å². The van der Waals surface area contributed by atoms with Crippen LogP contribution in [0.15, 0.2) is 223 Å². The van der Waals surface area contributed by atoms with Gasteiger partial charge in [0.05, 0.1) is 16.8 Å². The van der Waals surface area contributed by atoms with Gasteiger partial charge in [-0.15, -0.1) is 0 Å². The predicted octanol–water partition coefficient (Wildman–Crippen LogP) is 15.0. The highest BCUT2D eigenvalue weighted by Crippen LogP contribution is 2.45. The summed E-state index contributed by atoms with van der Waals surface area (Å²) < 4.78 is 6.31. The maximum absolute atomic E-state index is 6.31. The second kappa shape index (κ2) is 13.9. The third-order valence-corrected chi connectivity index (χ3v) is 10.5. The molecule has 260 valence electrons. The number of anilines is 6. The number of para-hydroxylation sites is 3. The zero-order chi connectivity index (χ0) is 36.6. The SMILES string of the molecule is c1ccc(-c2ccc(N(c3ccccc3)c3ccc(-c4ccc(N(c5ccccc5)c5cccc6oc7ccccc7c56)cc4)c4ccccc34)cc2)cc1. The van der Waals surface area contributed by atoms with Crippen LogP contribution < -0.4 is 9.80 Å². The van der Waals surface area contributed by atoms with Crippen LogP contribution in [0.1, 0.15) is 0 Å². The number of hydrogen-bond acceptors (Lipinski definition) is 3. The molecule has 0 spiro atoms. The van der Waals surface area contributed by atoms with Crippen molar-refractivity contribution in [2.75, 3.05) is 9.80 Å². The minimum Gasteiger partial charge on any atom is -0.456 e. The third kappa shape index (κ3) is 5.89. The van der Waals surface area contributed by atoms with Gasteiger partial charge in [-0.25, -0.2) is 0 Å². The molecule has 0 radical (unpaired) electrons. The number of furan rings is 1. The third-order valence-electron chi connectivity index (χ3n) is 10.5. The van der Waals surface area contributed by atoms with Gasteiger partial charge in [0.25, 0.3) is 0 Å². The van der Waals surface area contributed by atoms with Crippen LogP contribution >= 0.6 is 0 Å². The van der Waals surface area contributed by atoms with Gasteiger partial charge in [-0.1, -0.05) is 146 Å². The molecule has 3 nitrogen and oxygen atoms in total. The topological polar surface area (TPSA) is 19.6 Å². The zero-order valence-electron chi connectivity index (χ0n) is 30.1. The Labute approximate surface area is 320 Å². The molecule has 0 aliphatic carbocycles. The van der Waals surface area contributed by atoms with Crippen molar-refractivity contribution in [3.63, 3.8) is 0 Å². The first-order valence-corrected chi connectivity index (χ1v) is 18.7. The van der Waals surface area contributed by atoms with Crippen LogP contribution in [0.3, 0.4) is 0 Å². The number of nitrogens with zero attached hydrogens (tertiary/aromatic N) is 2. The van der Waals surface area contributed by atoms with Crippen molar-refractivity contribution in [1.82, 2.24) is 0 Å². The van der Waals surface area contributed by atoms with Gasteiger partial charge in [0.2, 0.25) is 0 Å². The van der Waals surface area contributed by atoms with Crippen LogP contribution in [0.4, 0.5) is 34.1 Å². The highest BCUT2D eigenvalue weighted by molar-refractivity contribution is 6.13. The molecule has 0 bridgehead atoms. The van der Waals surface area contributed by atoms with E-state index < -0.39 is 0 Å². The summed E-state index contributed by atoms with van der Waals surface area (Å²) in [5, 5.41) is 4.59. The highest BCUT2D eigenvalue weighted by atomic mass is 16.3. The summed E-state index contributed by atoms with van der Waals surface area (Å²) in [7, 11) is 0. The molecule has 10 aromatic rings. The molecular weight excluding hydrogens is 669 g/mol. The van der Waals surface area contributed by atoms with Crippen molar-refractivity contribution >= 4 is 66.8 Å². The number of benzene rings is 9. The van der Waals surface area contributed by atoms with Gasteiger partial charge >= 0.3 is 0 Å². The molecule has 1 aromatic heterocycles. The van der Waals surface area contributed by atoms with E-state index in [1.54, 1.807) is 0 Å². The van der Waals surface area contributed by atoms with Crippen molar-refractivity contribution in [3.8, 4) is 22.3 Å². The van der Waals surface area contributed by atoms with Gasteiger partial charge in [0.1, 0.15) is 11.2 Å². The average molecular weight is 705 g/mol. The first-order chi connectivity index (χ1) is 27.3. The van der Waals surface area contributed by atoms with Crippen LogP contribution in [-0.2, 0) is 0 Å². The van der Waals surface area contributed by atoms with Crippen LogP contribution in [0.2, 0.25) is 0 Å². The van der Waals surface area contributed by atoms with Crippen molar-refractivity contribution in [2.45, 2.75) is 0 Å². The Bertz CT molecular complexity index is 2900. The second-order valence-electron chi connectivity index (χ2n) is 13.7. The molecule has 0 atom stereocenters. The fourth-order valence-corrected chi connectivity index (χ4v) is 7.90. The molecule has 0 fully saturated rings. The van der Waals surface area contributed by atoms with Gasteiger partial charge < -0.3 is 14.2 Å². The maximum Gasteiger partial charge on any atom is 0.137 e. The summed E-state index contributed by atoms with van der Waals surface area (Å²) in [5.74, 6) is 0. The van der Waals surface area contributed by atoms with Gasteiger partial charge in [-0.3, -0.25) is 0 Å². The van der Waals surface area contributed by atoms with E-state index in [9.17, 15) is 0 Å². The zero-order valence-corrected chi connectivity index (χ0v) is 30.1. The highest BCUT2D eigenvalue weighted by Gasteiger charge is 2.21. The van der Waals surface area contributed by atoms with Crippen molar-refractivity contribution in [3.05, 3.63) is 218 Å². The van der Waals surface area contributed by atoms with E-state index in [2.05, 4.69) is 216 Å². The van der Waals surface area contributed by atoms with Crippen molar-refractivity contribution in [1.29, 1.82) is 0 Å². The molecule has 0 saturated carbocycles. The van der Waals surface area contributed by atoms with Crippen molar-refractivity contribution < 1.29 is 4.42 Å². The molecule has 0 aliphatic heterocycles. The van der Waals surface area contributed by atoms with E-state index in [1.807, 2.05) is 12.1 Å². The quantitative estimate of drug-likeness (QED) is 0.157. The van der Waals surface area contributed by atoms with Crippen LogP contribution in [0, 0.1) is 0 Å². The largest absolute Gasteiger partial charge is 0.456 e. The van der Waals surface area contributed by atoms with Gasteiger partial charge in [0, 0.05) is 33.5 Å². The molecule has 55 heavy (non-hydrogen) atoms. The van der Waals surface area contributed by atoms with E-state index in [0.29, 0.717) is 0 Å². The number of fused-ring (bicyclic) bond motifs is 4. The van der Waals surface area contributed by atoms with Crippen molar-refractivity contribution in [2.24, 2.45) is 0 Å². The molecule has 1 heterocycles. The summed E-state index contributed by atoms with van der Waals surface area (Å²) in [6, 6.07) is 77.5. The molecule has 0 unspecified atom stereocenters. The first kappa shape index (κ1) is 32.3. The lowest BCUT2D eigenvalue weighted by Gasteiger charge is -2.28. The Balaban J connectivity index is 1.07. The number of rotatable bonds is 8. The molecule has 0 N–H and O–H groups in total. The fourth-order valence-electron chi connectivity index (χ4n) is 7.90. The lowest BCUT2D eigenvalue weighted by molar-refractivity contribution is 0.669. The molecule has 0 aliphatic rings. The Morgan fingerprint density at radius 1 is 0.273 bits per heavy atom. The Kier molecular flexibility index (Phi) is 8.16. The van der Waals surface area contributed by atoms with E-state index in [0.717, 1.165) is 61.6 Å². The van der Waals surface area contributed by atoms with Gasteiger partial charge in [0.15, 0.2) is 0 Å². The lowest BCUT2D eigenvalue weighted by Crippen LogP contribution is -2.10. The van der Waals surface area contributed by atoms with Gasteiger partial charge in [-0.2, -0.15) is 0 Å². The normalized spacial score (nSPS) is 11.3. The molecular formula is C52H36N2O. The monoisotopic (exact) mass is 704 g/mol. The molecule has 0 saturated heterocycles. The average Bonchev–Trinajstić information content (AvgIpc) is 3.65. The summed E-state index contributed by atoms with van der Waals surface area (Å²) >= 11 is 0. The predicted molar refractivity (Wildman–Crippen MR) is 231 cm³/mol. The molecule has 10 rings (SSSR count). The molecule has 9 aromatic carbocycles. The summed E-state index contributed by atoms with van der Waals surface area (Å²) in [5.41, 5.74) is 13.1. The lowest BCUT2D eigenvalue weighted by atomic mass is 9.96. The minimum atomic E-state index is 0.875. The van der Waals surface area contributed by atoms with E-state index >= 15 is 0 Å². The minimum absolute atomic E-state index is 0.875. The summed E-state index contributed by atoms with van der Waals surface area (Å²) in [6.45, 7) is 0. The Morgan fingerprint density at radius 3 is 1.40 bits per heavy atom. The maximum atomic E-state index is 6.31. The Morgan fingerprint density at radius 2 is 0.745 bits per heavy atom. The molecule has 3 heteroatoms.